The number of carbonyl (C=O) groups excluding carboxylic acids is 1. The zero-order chi connectivity index (χ0) is 28.8. The van der Waals surface area contributed by atoms with Crippen molar-refractivity contribution in [3.63, 3.8) is 0 Å². The first-order chi connectivity index (χ1) is 18.8. The molecule has 3 rings (SSSR count). The van der Waals surface area contributed by atoms with Crippen molar-refractivity contribution in [2.45, 2.75) is 41.2 Å². The predicted octanol–water partition coefficient (Wildman–Crippen LogP) is 6.75. The van der Waals surface area contributed by atoms with Gasteiger partial charge in [0.2, 0.25) is 0 Å². The van der Waals surface area contributed by atoms with Crippen molar-refractivity contribution < 1.29 is 9.53 Å². The lowest BCUT2D eigenvalue weighted by atomic mass is 10.2. The van der Waals surface area contributed by atoms with Crippen LogP contribution >= 0.6 is 0 Å². The molecule has 0 saturated carbocycles. The third-order valence-corrected chi connectivity index (χ3v) is 5.46. The molecule has 2 aromatic carbocycles. The molecule has 1 aromatic heterocycles. The molecule has 0 unspecified atom stereocenters. The molecule has 0 fully saturated rings. The molecule has 0 radical (unpaired) electrons. The number of methoxy groups -OCH3 is 1. The highest BCUT2D eigenvalue weighted by Gasteiger charge is 2.08. The molecule has 2 amide bonds. The first-order valence-electron chi connectivity index (χ1n) is 12.9. The number of fused-ring (bicyclic) bond motifs is 1. The van der Waals surface area contributed by atoms with Crippen LogP contribution in [0.1, 0.15) is 46.0 Å². The number of nitrogens with two attached hydrogens (primary N) is 1. The number of aromatic amines is 1. The maximum absolute atomic E-state index is 12.4. The van der Waals surface area contributed by atoms with Gasteiger partial charge in [-0.05, 0) is 68.3 Å². The average molecular weight is 529 g/mol. The Balaban J connectivity index is 0.00000260. The molecule has 0 aliphatic carbocycles. The van der Waals surface area contributed by atoms with Crippen LogP contribution in [-0.2, 0) is 6.54 Å². The smallest absolute Gasteiger partial charge is 0.323 e. The fraction of sp³-hybridized carbons (Fsp3) is 0.226. The Bertz CT molecular complexity index is 1380. The quantitative estimate of drug-likeness (QED) is 0.187. The van der Waals surface area contributed by atoms with Gasteiger partial charge in [-0.3, -0.25) is 0 Å². The van der Waals surface area contributed by atoms with Crippen molar-refractivity contribution in [1.82, 2.24) is 20.6 Å². The molecule has 3 aromatic rings. The summed E-state index contributed by atoms with van der Waals surface area (Å²) >= 11 is 0. The van der Waals surface area contributed by atoms with Crippen molar-refractivity contribution in [2.24, 2.45) is 5.73 Å². The van der Waals surface area contributed by atoms with E-state index >= 15 is 0 Å². The minimum Gasteiger partial charge on any atom is -0.494 e. The summed E-state index contributed by atoms with van der Waals surface area (Å²) in [4.78, 5) is 20.4. The second-order valence-corrected chi connectivity index (χ2v) is 8.40. The van der Waals surface area contributed by atoms with E-state index in [0.29, 0.717) is 23.6 Å². The average Bonchev–Trinajstić information content (AvgIpc) is 3.38. The fourth-order valence-corrected chi connectivity index (χ4v) is 3.44. The number of nitrogens with one attached hydrogen (secondary N) is 4. The van der Waals surface area contributed by atoms with Gasteiger partial charge in [-0.25, -0.2) is 9.78 Å². The van der Waals surface area contributed by atoms with E-state index in [4.69, 9.17) is 10.5 Å². The Morgan fingerprint density at radius 2 is 1.82 bits per heavy atom. The third-order valence-electron chi connectivity index (χ3n) is 5.46. The highest BCUT2D eigenvalue weighted by atomic mass is 16.5. The molecular weight excluding hydrogens is 488 g/mol. The van der Waals surface area contributed by atoms with Crippen molar-refractivity contribution in [1.29, 1.82) is 0 Å². The summed E-state index contributed by atoms with van der Waals surface area (Å²) in [5, 5.41) is 8.94. The normalized spacial score (nSPS) is 12.1. The van der Waals surface area contributed by atoms with Gasteiger partial charge < -0.3 is 31.4 Å². The molecule has 39 heavy (non-hydrogen) atoms. The van der Waals surface area contributed by atoms with E-state index in [1.54, 1.807) is 7.11 Å². The van der Waals surface area contributed by atoms with Gasteiger partial charge in [0, 0.05) is 23.6 Å². The van der Waals surface area contributed by atoms with Gasteiger partial charge in [0.15, 0.2) is 0 Å². The van der Waals surface area contributed by atoms with Gasteiger partial charge in [-0.2, -0.15) is 0 Å². The number of anilines is 1. The number of ether oxygens (including phenoxy) is 1. The summed E-state index contributed by atoms with van der Waals surface area (Å²) < 4.78 is 5.38. The Labute approximate surface area is 231 Å². The standard InChI is InChI=1S/C29H34N6O2.C2H6/c1-6-7-9-24(21(4)30)31-18-22-14-16-23(17-15-22)33-29(36)32-20(3)13-12-19(2)28-34-25-10-8-11-26(37-5)27(25)35-28;1-2/h6-17,31H,4,18,30H2,1-3,5H3,(H,34,35)(H2,32,33,36);1-2H3/b7-6-,19-12+,20-13+,24-9+;. The molecule has 1 heterocycles. The van der Waals surface area contributed by atoms with Gasteiger partial charge >= 0.3 is 6.03 Å². The monoisotopic (exact) mass is 528 g/mol. The summed E-state index contributed by atoms with van der Waals surface area (Å²) in [6.45, 7) is 14.1. The SMILES string of the molecule is C=C(N)/C(=C\C=C/C)NCc1ccc(NC(=O)N/C(C)=C/C=C(\C)c2nc3c(OC)cccc3[nH]2)cc1.CC. The second kappa shape index (κ2) is 15.5. The van der Waals surface area contributed by atoms with Crippen LogP contribution < -0.4 is 26.4 Å². The molecular formula is C31H40N6O2. The number of urea groups is 1. The maximum atomic E-state index is 12.4. The molecule has 0 saturated heterocycles. The van der Waals surface area contributed by atoms with Gasteiger partial charge in [-0.15, -0.1) is 0 Å². The first-order valence-corrected chi connectivity index (χ1v) is 12.9. The van der Waals surface area contributed by atoms with Gasteiger partial charge in [0.05, 0.1) is 18.3 Å². The lowest BCUT2D eigenvalue weighted by Crippen LogP contribution is -2.27. The van der Waals surface area contributed by atoms with E-state index in [9.17, 15) is 4.79 Å². The van der Waals surface area contributed by atoms with Crippen LogP contribution in [0.5, 0.6) is 5.75 Å². The minimum atomic E-state index is -0.324. The number of para-hydroxylation sites is 1. The van der Waals surface area contributed by atoms with Crippen LogP contribution in [0.15, 0.2) is 96.5 Å². The van der Waals surface area contributed by atoms with Crippen LogP contribution in [0.3, 0.4) is 0 Å². The van der Waals surface area contributed by atoms with Crippen LogP contribution in [0.2, 0.25) is 0 Å². The molecule has 0 aliphatic heterocycles. The van der Waals surface area contributed by atoms with Crippen LogP contribution in [-0.4, -0.2) is 23.1 Å². The van der Waals surface area contributed by atoms with E-state index < -0.39 is 0 Å². The first kappa shape index (κ1) is 30.5. The molecule has 0 aliphatic rings. The number of rotatable bonds is 10. The van der Waals surface area contributed by atoms with Gasteiger partial charge in [0.25, 0.3) is 0 Å². The van der Waals surface area contributed by atoms with Gasteiger partial charge in [-0.1, -0.05) is 56.9 Å². The lowest BCUT2D eigenvalue weighted by Gasteiger charge is -2.11. The van der Waals surface area contributed by atoms with Crippen molar-refractivity contribution in [3.05, 3.63) is 108 Å². The number of benzene rings is 2. The van der Waals surface area contributed by atoms with E-state index in [2.05, 4.69) is 32.5 Å². The number of nitrogens with zero attached hydrogens (tertiary/aromatic N) is 1. The number of hydrogen-bond donors (Lipinski definition) is 5. The maximum Gasteiger partial charge on any atom is 0.323 e. The fourth-order valence-electron chi connectivity index (χ4n) is 3.44. The van der Waals surface area contributed by atoms with Crippen molar-refractivity contribution >= 4 is 28.3 Å². The number of carbonyl (C=O) groups is 1. The number of amides is 2. The van der Waals surface area contributed by atoms with Crippen LogP contribution in [0.25, 0.3) is 16.6 Å². The molecule has 0 atom stereocenters. The Morgan fingerprint density at radius 3 is 2.46 bits per heavy atom. The van der Waals surface area contributed by atoms with E-state index in [1.807, 2.05) is 107 Å². The number of H-pyrrole nitrogens is 1. The topological polar surface area (TPSA) is 117 Å². The molecule has 8 heteroatoms. The highest BCUT2D eigenvalue weighted by Crippen LogP contribution is 2.25. The second-order valence-electron chi connectivity index (χ2n) is 8.40. The van der Waals surface area contributed by atoms with Crippen molar-refractivity contribution in [3.8, 4) is 5.75 Å². The molecule has 6 N–H and O–H groups in total. The zero-order valence-electron chi connectivity index (χ0n) is 23.7. The Hall–Kier alpha value is -4.72. The number of imidazole rings is 1. The van der Waals surface area contributed by atoms with Crippen LogP contribution in [0, 0.1) is 0 Å². The minimum absolute atomic E-state index is 0.324. The summed E-state index contributed by atoms with van der Waals surface area (Å²) in [7, 11) is 1.63. The number of allylic oxidation sites excluding steroid dienone is 7. The van der Waals surface area contributed by atoms with E-state index in [1.165, 1.54) is 0 Å². The Kier molecular flexibility index (Phi) is 12.1. The van der Waals surface area contributed by atoms with Crippen molar-refractivity contribution in [2.75, 3.05) is 12.4 Å². The molecule has 0 bridgehead atoms. The third kappa shape index (κ3) is 9.27. The summed E-state index contributed by atoms with van der Waals surface area (Å²) in [5.74, 6) is 1.46. The van der Waals surface area contributed by atoms with E-state index in [0.717, 1.165) is 39.4 Å². The molecule has 206 valence electrons. The van der Waals surface area contributed by atoms with E-state index in [-0.39, 0.29) is 6.03 Å². The van der Waals surface area contributed by atoms with Crippen LogP contribution in [0.4, 0.5) is 10.5 Å². The largest absolute Gasteiger partial charge is 0.494 e. The molecule has 0 spiro atoms. The van der Waals surface area contributed by atoms with Gasteiger partial charge in [0.1, 0.15) is 17.1 Å². The number of aromatic nitrogens is 2. The summed E-state index contributed by atoms with van der Waals surface area (Å²) in [5.41, 5.74) is 12.1. The lowest BCUT2D eigenvalue weighted by molar-refractivity contribution is 0.254. The number of hydrogen-bond acceptors (Lipinski definition) is 5. The summed E-state index contributed by atoms with van der Waals surface area (Å²) in [6.07, 6.45) is 9.43. The zero-order valence-corrected chi connectivity index (χ0v) is 23.7. The predicted molar refractivity (Wildman–Crippen MR) is 163 cm³/mol. The molecule has 8 nitrogen and oxygen atoms in total. The Morgan fingerprint density at radius 1 is 1.10 bits per heavy atom. The summed E-state index contributed by atoms with van der Waals surface area (Å²) in [6, 6.07) is 13.0. The highest BCUT2D eigenvalue weighted by molar-refractivity contribution is 5.90.